The maximum absolute atomic E-state index is 4.15. The first kappa shape index (κ1) is 9.82. The van der Waals surface area contributed by atoms with Gasteiger partial charge in [-0.1, -0.05) is 31.9 Å². The molecular formula is C13H21N. The van der Waals surface area contributed by atoms with Gasteiger partial charge in [-0.3, -0.25) is 0 Å². The molecule has 2 rings (SSSR count). The van der Waals surface area contributed by atoms with Gasteiger partial charge in [0.2, 0.25) is 0 Å². The Balaban J connectivity index is 1.81. The third-order valence-electron chi connectivity index (χ3n) is 3.41. The summed E-state index contributed by atoms with van der Waals surface area (Å²) in [6, 6.07) is 0.706. The second kappa shape index (κ2) is 4.68. The van der Waals surface area contributed by atoms with E-state index in [-0.39, 0.29) is 0 Å². The first-order valence-corrected chi connectivity index (χ1v) is 6.01. The molecule has 1 nitrogen and oxygen atoms in total. The molecule has 0 amide bonds. The van der Waals surface area contributed by atoms with Crippen LogP contribution in [-0.2, 0) is 0 Å². The summed E-state index contributed by atoms with van der Waals surface area (Å²) in [5.41, 5.74) is 2.67. The zero-order valence-corrected chi connectivity index (χ0v) is 9.02. The summed E-state index contributed by atoms with van der Waals surface area (Å²) >= 11 is 0. The normalized spacial score (nSPS) is 23.3. The van der Waals surface area contributed by atoms with Crippen LogP contribution in [0.2, 0.25) is 0 Å². The lowest BCUT2D eigenvalue weighted by Gasteiger charge is -2.25. The van der Waals surface area contributed by atoms with Gasteiger partial charge in [-0.2, -0.15) is 0 Å². The smallest absolute Gasteiger partial charge is 0.0298 e. The van der Waals surface area contributed by atoms with E-state index in [9.17, 15) is 0 Å². The molecule has 0 atom stereocenters. The quantitative estimate of drug-likeness (QED) is 0.719. The van der Waals surface area contributed by atoms with Gasteiger partial charge in [0.1, 0.15) is 0 Å². The van der Waals surface area contributed by atoms with Crippen LogP contribution in [0.4, 0.5) is 0 Å². The van der Waals surface area contributed by atoms with Gasteiger partial charge in [0.25, 0.3) is 0 Å². The van der Waals surface area contributed by atoms with Crippen molar-refractivity contribution in [1.82, 2.24) is 5.32 Å². The van der Waals surface area contributed by atoms with Crippen molar-refractivity contribution in [2.45, 2.75) is 57.4 Å². The molecule has 0 heterocycles. The molecule has 0 radical (unpaired) electrons. The first-order chi connectivity index (χ1) is 6.86. The average Bonchev–Trinajstić information content (AvgIpc) is 2.72. The van der Waals surface area contributed by atoms with Crippen molar-refractivity contribution in [1.29, 1.82) is 0 Å². The number of hydrogen-bond acceptors (Lipinski definition) is 1. The third-order valence-corrected chi connectivity index (χ3v) is 3.41. The Bertz CT molecular complexity index is 234. The van der Waals surface area contributed by atoms with Crippen LogP contribution in [0.5, 0.6) is 0 Å². The van der Waals surface area contributed by atoms with Crippen molar-refractivity contribution >= 4 is 0 Å². The van der Waals surface area contributed by atoms with Crippen molar-refractivity contribution in [2.24, 2.45) is 0 Å². The van der Waals surface area contributed by atoms with E-state index in [1.807, 2.05) is 0 Å². The maximum Gasteiger partial charge on any atom is 0.0298 e. The van der Waals surface area contributed by atoms with Gasteiger partial charge >= 0.3 is 0 Å². The Morgan fingerprint density at radius 3 is 2.64 bits per heavy atom. The number of allylic oxidation sites excluding steroid dienone is 2. The molecule has 0 aromatic rings. The molecule has 1 heteroatoms. The summed E-state index contributed by atoms with van der Waals surface area (Å²) in [5.74, 6) is 0. The van der Waals surface area contributed by atoms with Crippen molar-refractivity contribution in [2.75, 3.05) is 0 Å². The lowest BCUT2D eigenvalue weighted by molar-refractivity contribution is 0.398. The van der Waals surface area contributed by atoms with Crippen molar-refractivity contribution in [3.05, 3.63) is 23.9 Å². The Hall–Kier alpha value is -0.720. The molecule has 0 unspecified atom stereocenters. The number of nitrogens with one attached hydrogen (secondary N) is 1. The van der Waals surface area contributed by atoms with E-state index < -0.39 is 0 Å². The fraction of sp³-hybridized carbons (Fsp3) is 0.692. The highest BCUT2D eigenvalue weighted by molar-refractivity contribution is 5.29. The lowest BCUT2D eigenvalue weighted by Crippen LogP contribution is -2.30. The van der Waals surface area contributed by atoms with Crippen LogP contribution in [0.3, 0.4) is 0 Å². The number of rotatable bonds is 3. The van der Waals surface area contributed by atoms with E-state index >= 15 is 0 Å². The zero-order valence-electron chi connectivity index (χ0n) is 9.02. The zero-order chi connectivity index (χ0) is 9.80. The molecule has 2 aliphatic carbocycles. The highest BCUT2D eigenvalue weighted by atomic mass is 14.9. The predicted octanol–water partition coefficient (Wildman–Crippen LogP) is 3.53. The molecule has 14 heavy (non-hydrogen) atoms. The fourth-order valence-electron chi connectivity index (χ4n) is 2.53. The van der Waals surface area contributed by atoms with E-state index in [4.69, 9.17) is 0 Å². The minimum absolute atomic E-state index is 0.706. The van der Waals surface area contributed by atoms with Crippen LogP contribution in [-0.4, -0.2) is 6.04 Å². The van der Waals surface area contributed by atoms with Crippen molar-refractivity contribution in [3.63, 3.8) is 0 Å². The predicted molar refractivity (Wildman–Crippen MR) is 61.1 cm³/mol. The standard InChI is InChI=1S/C13H21N/c1-11(12-7-5-6-8-12)14-13-9-3-2-4-10-13/h7,13-14H,1-6,8-10H2. The van der Waals surface area contributed by atoms with Gasteiger partial charge in [0.05, 0.1) is 0 Å². The topological polar surface area (TPSA) is 12.0 Å². The third kappa shape index (κ3) is 2.40. The summed E-state index contributed by atoms with van der Waals surface area (Å²) < 4.78 is 0. The van der Waals surface area contributed by atoms with Crippen LogP contribution < -0.4 is 5.32 Å². The SMILES string of the molecule is C=C(NC1CCCCC1)C1=CCCC1. The van der Waals surface area contributed by atoms with Gasteiger partial charge < -0.3 is 5.32 Å². The summed E-state index contributed by atoms with van der Waals surface area (Å²) in [4.78, 5) is 0. The molecule has 0 aromatic carbocycles. The van der Waals surface area contributed by atoms with Crippen LogP contribution in [0.25, 0.3) is 0 Å². The van der Waals surface area contributed by atoms with Crippen LogP contribution >= 0.6 is 0 Å². The van der Waals surface area contributed by atoms with E-state index in [1.54, 1.807) is 0 Å². The Kier molecular flexibility index (Phi) is 3.28. The van der Waals surface area contributed by atoms with Gasteiger partial charge in [-0.15, -0.1) is 0 Å². The lowest BCUT2D eigenvalue weighted by atomic mass is 9.95. The molecule has 0 bridgehead atoms. The summed E-state index contributed by atoms with van der Waals surface area (Å²) in [7, 11) is 0. The molecule has 78 valence electrons. The van der Waals surface area contributed by atoms with E-state index in [0.29, 0.717) is 6.04 Å². The van der Waals surface area contributed by atoms with E-state index in [0.717, 1.165) is 0 Å². The van der Waals surface area contributed by atoms with Crippen LogP contribution in [0.1, 0.15) is 51.4 Å². The van der Waals surface area contributed by atoms with Crippen LogP contribution in [0.15, 0.2) is 23.9 Å². The van der Waals surface area contributed by atoms with Gasteiger partial charge in [-0.05, 0) is 37.7 Å². The Morgan fingerprint density at radius 2 is 2.00 bits per heavy atom. The number of hydrogen-bond donors (Lipinski definition) is 1. The first-order valence-electron chi connectivity index (χ1n) is 6.01. The molecule has 2 aliphatic rings. The highest BCUT2D eigenvalue weighted by Crippen LogP contribution is 2.24. The van der Waals surface area contributed by atoms with Gasteiger partial charge in [0.15, 0.2) is 0 Å². The summed E-state index contributed by atoms with van der Waals surface area (Å²) in [6.45, 7) is 4.15. The molecular weight excluding hydrogens is 170 g/mol. The fourth-order valence-corrected chi connectivity index (χ4v) is 2.53. The second-order valence-corrected chi connectivity index (χ2v) is 4.58. The van der Waals surface area contributed by atoms with E-state index in [2.05, 4.69) is 18.0 Å². The molecule has 1 fully saturated rings. The average molecular weight is 191 g/mol. The molecule has 1 N–H and O–H groups in total. The second-order valence-electron chi connectivity index (χ2n) is 4.58. The molecule has 0 aliphatic heterocycles. The molecule has 0 spiro atoms. The van der Waals surface area contributed by atoms with Crippen LogP contribution in [0, 0.1) is 0 Å². The monoisotopic (exact) mass is 191 g/mol. The Morgan fingerprint density at radius 1 is 1.21 bits per heavy atom. The maximum atomic E-state index is 4.15. The minimum Gasteiger partial charge on any atom is -0.383 e. The highest BCUT2D eigenvalue weighted by Gasteiger charge is 2.15. The molecule has 0 aromatic heterocycles. The summed E-state index contributed by atoms with van der Waals surface area (Å²) in [5, 5.41) is 3.60. The summed E-state index contributed by atoms with van der Waals surface area (Å²) in [6.07, 6.45) is 13.0. The van der Waals surface area contributed by atoms with Crippen molar-refractivity contribution < 1.29 is 0 Å². The van der Waals surface area contributed by atoms with Gasteiger partial charge in [-0.25, -0.2) is 0 Å². The minimum atomic E-state index is 0.706. The van der Waals surface area contributed by atoms with Gasteiger partial charge in [0, 0.05) is 11.7 Å². The van der Waals surface area contributed by atoms with Crippen molar-refractivity contribution in [3.8, 4) is 0 Å². The molecule has 1 saturated carbocycles. The largest absolute Gasteiger partial charge is 0.383 e. The van der Waals surface area contributed by atoms with E-state index in [1.165, 1.54) is 62.6 Å². The molecule has 0 saturated heterocycles. The Labute approximate surface area is 87.3 Å².